The van der Waals surface area contributed by atoms with Crippen LogP contribution in [0, 0.1) is 0 Å². The number of carboxylic acid groups (broad SMARTS) is 2. The van der Waals surface area contributed by atoms with Crippen LogP contribution in [0.1, 0.15) is 38.8 Å². The van der Waals surface area contributed by atoms with Gasteiger partial charge in [0.25, 0.3) is 0 Å². The number of hydrogen-bond acceptors (Lipinski definition) is 2. The van der Waals surface area contributed by atoms with E-state index in [0.29, 0.717) is 11.1 Å². The first-order valence-corrected chi connectivity index (χ1v) is 6.58. The molecular formula is C14H17BrO4. The largest absolute Gasteiger partial charge is 0.481 e. The molecule has 0 spiro atoms. The standard InChI is InChI=1S/C14H17BrO4/c1-13(2,11(16)17)9-6-5-8(15)7-10(9)14(3,4)12(18)19/h5-7H,1-4H3,(H,16,17)(H,18,19). The molecule has 0 aromatic heterocycles. The third kappa shape index (κ3) is 2.81. The normalized spacial score (nSPS) is 12.3. The SMILES string of the molecule is CC(C)(C(=O)O)c1ccc(Br)cc1C(C)(C)C(=O)O. The van der Waals surface area contributed by atoms with Crippen molar-refractivity contribution in [1.82, 2.24) is 0 Å². The van der Waals surface area contributed by atoms with Crippen LogP contribution in [-0.2, 0) is 20.4 Å². The fourth-order valence-electron chi connectivity index (χ4n) is 1.81. The van der Waals surface area contributed by atoms with Crippen molar-refractivity contribution in [3.05, 3.63) is 33.8 Å². The smallest absolute Gasteiger partial charge is 0.313 e. The molecule has 0 saturated heterocycles. The van der Waals surface area contributed by atoms with Gasteiger partial charge in [0, 0.05) is 4.47 Å². The highest BCUT2D eigenvalue weighted by Gasteiger charge is 2.39. The Labute approximate surface area is 120 Å². The quantitative estimate of drug-likeness (QED) is 0.890. The van der Waals surface area contributed by atoms with E-state index in [4.69, 9.17) is 0 Å². The van der Waals surface area contributed by atoms with Crippen molar-refractivity contribution in [1.29, 1.82) is 0 Å². The molecule has 0 fully saturated rings. The van der Waals surface area contributed by atoms with Crippen LogP contribution in [0.4, 0.5) is 0 Å². The second-order valence-electron chi connectivity index (χ2n) is 5.55. The summed E-state index contributed by atoms with van der Waals surface area (Å²) in [5.41, 5.74) is -1.30. The summed E-state index contributed by atoms with van der Waals surface area (Å²) in [6.07, 6.45) is 0. The van der Waals surface area contributed by atoms with E-state index in [9.17, 15) is 19.8 Å². The summed E-state index contributed by atoms with van der Waals surface area (Å²) in [7, 11) is 0. The average molecular weight is 329 g/mol. The monoisotopic (exact) mass is 328 g/mol. The molecule has 2 N–H and O–H groups in total. The van der Waals surface area contributed by atoms with Crippen LogP contribution < -0.4 is 0 Å². The number of carbonyl (C=O) groups is 2. The Kier molecular flexibility index (Phi) is 4.10. The molecule has 0 aliphatic carbocycles. The second kappa shape index (κ2) is 4.96. The number of hydrogen-bond donors (Lipinski definition) is 2. The van der Waals surface area contributed by atoms with Crippen molar-refractivity contribution >= 4 is 27.9 Å². The molecule has 1 rings (SSSR count). The van der Waals surface area contributed by atoms with Crippen LogP contribution in [0.15, 0.2) is 22.7 Å². The van der Waals surface area contributed by atoms with Crippen molar-refractivity contribution in [2.75, 3.05) is 0 Å². The first kappa shape index (κ1) is 15.7. The van der Waals surface area contributed by atoms with Gasteiger partial charge in [-0.1, -0.05) is 22.0 Å². The molecule has 19 heavy (non-hydrogen) atoms. The highest BCUT2D eigenvalue weighted by Crippen LogP contribution is 2.36. The van der Waals surface area contributed by atoms with Crippen LogP contribution in [-0.4, -0.2) is 22.2 Å². The molecule has 0 amide bonds. The lowest BCUT2D eigenvalue weighted by Gasteiger charge is -2.29. The van der Waals surface area contributed by atoms with Gasteiger partial charge in [-0.3, -0.25) is 9.59 Å². The molecule has 0 atom stereocenters. The maximum atomic E-state index is 11.4. The summed E-state index contributed by atoms with van der Waals surface area (Å²) in [4.78, 5) is 22.8. The highest BCUT2D eigenvalue weighted by molar-refractivity contribution is 9.10. The van der Waals surface area contributed by atoms with Crippen molar-refractivity contribution in [2.45, 2.75) is 38.5 Å². The van der Waals surface area contributed by atoms with Gasteiger partial charge in [-0.2, -0.15) is 0 Å². The van der Waals surface area contributed by atoms with Crippen molar-refractivity contribution < 1.29 is 19.8 Å². The number of carboxylic acids is 2. The van der Waals surface area contributed by atoms with Crippen molar-refractivity contribution in [2.24, 2.45) is 0 Å². The fraction of sp³-hybridized carbons (Fsp3) is 0.429. The molecule has 5 heteroatoms. The van der Waals surface area contributed by atoms with Crippen LogP contribution in [0.25, 0.3) is 0 Å². The first-order valence-electron chi connectivity index (χ1n) is 5.78. The topological polar surface area (TPSA) is 74.6 Å². The Morgan fingerprint density at radius 2 is 1.37 bits per heavy atom. The van der Waals surface area contributed by atoms with E-state index in [-0.39, 0.29) is 0 Å². The van der Waals surface area contributed by atoms with Gasteiger partial charge in [-0.05, 0) is 51.0 Å². The van der Waals surface area contributed by atoms with Gasteiger partial charge < -0.3 is 10.2 Å². The van der Waals surface area contributed by atoms with E-state index in [1.165, 1.54) is 0 Å². The van der Waals surface area contributed by atoms with Gasteiger partial charge in [0.1, 0.15) is 0 Å². The summed E-state index contributed by atoms with van der Waals surface area (Å²) in [5.74, 6) is -1.98. The van der Waals surface area contributed by atoms with Crippen LogP contribution in [0.3, 0.4) is 0 Å². The number of halogens is 1. The molecule has 104 valence electrons. The minimum Gasteiger partial charge on any atom is -0.481 e. The predicted molar refractivity (Wildman–Crippen MR) is 75.5 cm³/mol. The molecule has 0 bridgehead atoms. The lowest BCUT2D eigenvalue weighted by atomic mass is 9.73. The Bertz CT molecular complexity index is 532. The van der Waals surface area contributed by atoms with Gasteiger partial charge in [-0.15, -0.1) is 0 Å². The van der Waals surface area contributed by atoms with Gasteiger partial charge in [-0.25, -0.2) is 0 Å². The fourth-order valence-corrected chi connectivity index (χ4v) is 2.17. The third-order valence-corrected chi connectivity index (χ3v) is 3.89. The summed E-state index contributed by atoms with van der Waals surface area (Å²) < 4.78 is 0.724. The maximum Gasteiger partial charge on any atom is 0.313 e. The molecule has 0 aliphatic rings. The van der Waals surface area contributed by atoms with Gasteiger partial charge in [0.2, 0.25) is 0 Å². The Morgan fingerprint density at radius 3 is 1.79 bits per heavy atom. The zero-order valence-electron chi connectivity index (χ0n) is 11.3. The molecule has 0 heterocycles. The van der Waals surface area contributed by atoms with E-state index >= 15 is 0 Å². The maximum absolute atomic E-state index is 11.4. The van der Waals surface area contributed by atoms with E-state index in [0.717, 1.165) is 4.47 Å². The van der Waals surface area contributed by atoms with Gasteiger partial charge in [0.15, 0.2) is 0 Å². The van der Waals surface area contributed by atoms with Gasteiger partial charge >= 0.3 is 11.9 Å². The lowest BCUT2D eigenvalue weighted by Crippen LogP contribution is -2.36. The molecule has 0 radical (unpaired) electrons. The Balaban J connectivity index is 3.60. The van der Waals surface area contributed by atoms with E-state index < -0.39 is 22.8 Å². The Hall–Kier alpha value is -1.36. The number of benzene rings is 1. The van der Waals surface area contributed by atoms with Crippen molar-refractivity contribution in [3.8, 4) is 0 Å². The summed E-state index contributed by atoms with van der Waals surface area (Å²) in [5, 5.41) is 18.7. The molecule has 1 aromatic rings. The average Bonchev–Trinajstić information content (AvgIpc) is 2.27. The van der Waals surface area contributed by atoms with Crippen LogP contribution >= 0.6 is 15.9 Å². The van der Waals surface area contributed by atoms with Crippen molar-refractivity contribution in [3.63, 3.8) is 0 Å². The summed E-state index contributed by atoms with van der Waals surface area (Å²) in [6.45, 7) is 6.27. The minimum atomic E-state index is -1.16. The first-order chi connectivity index (χ1) is 8.51. The molecule has 0 saturated carbocycles. The number of rotatable bonds is 4. The molecular weight excluding hydrogens is 312 g/mol. The molecule has 0 aliphatic heterocycles. The summed E-state index contributed by atoms with van der Waals surface area (Å²) in [6, 6.07) is 5.06. The second-order valence-corrected chi connectivity index (χ2v) is 6.47. The predicted octanol–water partition coefficient (Wildman–Crippen LogP) is 3.17. The zero-order chi connectivity index (χ0) is 15.0. The van der Waals surface area contributed by atoms with E-state index in [2.05, 4.69) is 15.9 Å². The minimum absolute atomic E-state index is 0.502. The lowest BCUT2D eigenvalue weighted by molar-refractivity contribution is -0.144. The number of aliphatic carboxylic acids is 2. The van der Waals surface area contributed by atoms with E-state index in [1.807, 2.05) is 0 Å². The molecule has 4 nitrogen and oxygen atoms in total. The van der Waals surface area contributed by atoms with Gasteiger partial charge in [0.05, 0.1) is 10.8 Å². The third-order valence-electron chi connectivity index (χ3n) is 3.40. The summed E-state index contributed by atoms with van der Waals surface area (Å²) >= 11 is 3.30. The van der Waals surface area contributed by atoms with E-state index in [1.54, 1.807) is 45.9 Å². The molecule has 0 unspecified atom stereocenters. The zero-order valence-corrected chi connectivity index (χ0v) is 12.9. The van der Waals surface area contributed by atoms with Crippen LogP contribution in [0.2, 0.25) is 0 Å². The Morgan fingerprint density at radius 1 is 0.947 bits per heavy atom. The van der Waals surface area contributed by atoms with Crippen LogP contribution in [0.5, 0.6) is 0 Å². The molecule has 1 aromatic carbocycles. The highest BCUT2D eigenvalue weighted by atomic mass is 79.9.